The lowest BCUT2D eigenvalue weighted by atomic mass is 10.5. The van der Waals surface area contributed by atoms with Crippen LogP contribution < -0.4 is 11.1 Å². The zero-order chi connectivity index (χ0) is 11.1. The van der Waals surface area contributed by atoms with Crippen LogP contribution in [0.2, 0.25) is 0 Å². The van der Waals surface area contributed by atoms with Gasteiger partial charge in [-0.05, 0) is 6.92 Å². The second kappa shape index (κ2) is 6.15. The normalized spacial score (nSPS) is 10.3. The van der Waals surface area contributed by atoms with E-state index in [0.717, 1.165) is 5.76 Å². The quantitative estimate of drug-likeness (QED) is 0.626. The van der Waals surface area contributed by atoms with Gasteiger partial charge in [0.15, 0.2) is 0 Å². The van der Waals surface area contributed by atoms with Crippen molar-refractivity contribution in [3.63, 3.8) is 0 Å². The Bertz CT molecular complexity index is 311. The molecule has 3 N–H and O–H groups in total. The summed E-state index contributed by atoms with van der Waals surface area (Å²) in [5.41, 5.74) is 5.20. The number of nitrogens with zero attached hydrogens (tertiary/aromatic N) is 1. The van der Waals surface area contributed by atoms with Crippen molar-refractivity contribution < 1.29 is 13.9 Å². The molecule has 1 amide bonds. The Labute approximate surface area is 87.8 Å². The number of hydrogen-bond acceptors (Lipinski definition) is 5. The molecular weight excluding hydrogens is 198 g/mol. The summed E-state index contributed by atoms with van der Waals surface area (Å²) in [7, 11) is 0. The van der Waals surface area contributed by atoms with E-state index in [9.17, 15) is 4.79 Å². The number of nitrogens with two attached hydrogens (primary N) is 1. The lowest BCUT2D eigenvalue weighted by Crippen LogP contribution is -2.28. The molecule has 0 aromatic carbocycles. The first-order valence-corrected chi connectivity index (χ1v) is 4.68. The second-order valence-corrected chi connectivity index (χ2v) is 2.98. The van der Waals surface area contributed by atoms with Crippen molar-refractivity contribution in [1.82, 2.24) is 10.3 Å². The molecular formula is C9H15N3O3. The second-order valence-electron chi connectivity index (χ2n) is 2.98. The van der Waals surface area contributed by atoms with Gasteiger partial charge in [0.25, 0.3) is 0 Å². The van der Waals surface area contributed by atoms with Crippen LogP contribution in [0.15, 0.2) is 10.6 Å². The topological polar surface area (TPSA) is 90.4 Å². The summed E-state index contributed by atoms with van der Waals surface area (Å²) in [6.07, 6.45) is 1.60. The zero-order valence-corrected chi connectivity index (χ0v) is 8.66. The highest BCUT2D eigenvalue weighted by Gasteiger charge is 2.04. The van der Waals surface area contributed by atoms with Crippen molar-refractivity contribution in [3.05, 3.63) is 17.8 Å². The van der Waals surface area contributed by atoms with Crippen LogP contribution in [0.5, 0.6) is 0 Å². The lowest BCUT2D eigenvalue weighted by Gasteiger charge is -2.02. The number of ether oxygens (including phenoxy) is 1. The van der Waals surface area contributed by atoms with Gasteiger partial charge in [-0.1, -0.05) is 0 Å². The van der Waals surface area contributed by atoms with E-state index in [0.29, 0.717) is 19.0 Å². The molecule has 0 aliphatic heterocycles. The maximum atomic E-state index is 11.2. The van der Waals surface area contributed by atoms with Crippen molar-refractivity contribution in [1.29, 1.82) is 0 Å². The van der Waals surface area contributed by atoms with Gasteiger partial charge in [-0.25, -0.2) is 4.98 Å². The highest BCUT2D eigenvalue weighted by atomic mass is 16.5. The largest absolute Gasteiger partial charge is 0.444 e. The van der Waals surface area contributed by atoms with E-state index in [1.54, 1.807) is 13.1 Å². The Kier molecular flexibility index (Phi) is 4.79. The maximum absolute atomic E-state index is 11.2. The fraction of sp³-hybridized carbons (Fsp3) is 0.556. The molecule has 0 saturated carbocycles. The number of oxazole rings is 1. The number of rotatable bonds is 6. The van der Waals surface area contributed by atoms with Gasteiger partial charge >= 0.3 is 0 Å². The molecule has 0 spiro atoms. The minimum absolute atomic E-state index is 0.0108. The molecule has 0 bridgehead atoms. The minimum Gasteiger partial charge on any atom is -0.444 e. The van der Waals surface area contributed by atoms with E-state index in [1.807, 2.05) is 0 Å². The van der Waals surface area contributed by atoms with E-state index in [-0.39, 0.29) is 19.1 Å². The predicted molar refractivity (Wildman–Crippen MR) is 53.0 cm³/mol. The first-order valence-electron chi connectivity index (χ1n) is 4.68. The summed E-state index contributed by atoms with van der Waals surface area (Å²) in [5.74, 6) is 0.998. The van der Waals surface area contributed by atoms with E-state index in [4.69, 9.17) is 14.9 Å². The third kappa shape index (κ3) is 4.57. The van der Waals surface area contributed by atoms with Crippen LogP contribution in [0, 0.1) is 6.92 Å². The van der Waals surface area contributed by atoms with Gasteiger partial charge in [-0.3, -0.25) is 4.79 Å². The number of carbonyl (C=O) groups excluding carboxylic acids is 1. The third-order valence-electron chi connectivity index (χ3n) is 1.60. The summed E-state index contributed by atoms with van der Waals surface area (Å²) in [6.45, 7) is 2.87. The summed E-state index contributed by atoms with van der Waals surface area (Å²) >= 11 is 0. The summed E-state index contributed by atoms with van der Waals surface area (Å²) in [5, 5.41) is 2.61. The van der Waals surface area contributed by atoms with Gasteiger partial charge < -0.3 is 20.2 Å². The molecule has 0 unspecified atom stereocenters. The summed E-state index contributed by atoms with van der Waals surface area (Å²) in [4.78, 5) is 15.1. The summed E-state index contributed by atoms with van der Waals surface area (Å²) in [6, 6.07) is 0. The molecule has 84 valence electrons. The van der Waals surface area contributed by atoms with Crippen LogP contribution in [-0.2, 0) is 16.1 Å². The van der Waals surface area contributed by atoms with E-state index in [2.05, 4.69) is 10.3 Å². The molecule has 1 aromatic rings. The first-order chi connectivity index (χ1) is 7.22. The third-order valence-corrected chi connectivity index (χ3v) is 1.60. The van der Waals surface area contributed by atoms with Crippen molar-refractivity contribution in [2.24, 2.45) is 5.73 Å². The Morgan fingerprint density at radius 2 is 2.53 bits per heavy atom. The average molecular weight is 213 g/mol. The Balaban J connectivity index is 2.16. The smallest absolute Gasteiger partial charge is 0.246 e. The Morgan fingerprint density at radius 1 is 1.73 bits per heavy atom. The van der Waals surface area contributed by atoms with Crippen molar-refractivity contribution in [2.75, 3.05) is 19.8 Å². The number of aromatic nitrogens is 1. The number of carbonyl (C=O) groups is 1. The fourth-order valence-electron chi connectivity index (χ4n) is 0.957. The predicted octanol–water partition coefficient (Wildman–Crippen LogP) is -0.425. The number of aryl methyl sites for hydroxylation is 1. The molecule has 0 fully saturated rings. The van der Waals surface area contributed by atoms with Crippen LogP contribution in [-0.4, -0.2) is 30.6 Å². The van der Waals surface area contributed by atoms with Crippen LogP contribution in [0.4, 0.5) is 0 Å². The molecule has 0 radical (unpaired) electrons. The van der Waals surface area contributed by atoms with Crippen LogP contribution in [0.25, 0.3) is 0 Å². The number of hydrogen-bond donors (Lipinski definition) is 2. The molecule has 6 heteroatoms. The number of amides is 1. The minimum atomic E-state index is -0.209. The van der Waals surface area contributed by atoms with Crippen LogP contribution in [0.3, 0.4) is 0 Å². The van der Waals surface area contributed by atoms with Crippen molar-refractivity contribution >= 4 is 5.91 Å². The highest BCUT2D eigenvalue weighted by Crippen LogP contribution is 2.00. The van der Waals surface area contributed by atoms with Crippen molar-refractivity contribution in [2.45, 2.75) is 13.5 Å². The molecule has 0 atom stereocenters. The Morgan fingerprint density at radius 3 is 3.13 bits per heavy atom. The monoisotopic (exact) mass is 213 g/mol. The molecule has 0 saturated heterocycles. The molecule has 1 rings (SSSR count). The number of nitrogens with one attached hydrogen (secondary N) is 1. The first kappa shape index (κ1) is 11.7. The van der Waals surface area contributed by atoms with Gasteiger partial charge in [0.05, 0.1) is 19.3 Å². The van der Waals surface area contributed by atoms with E-state index in [1.165, 1.54) is 0 Å². The standard InChI is InChI=1S/C9H15N3O3/c1-7-4-12-9(15-7)5-11-8(13)6-14-3-2-10/h4H,2-3,5-6,10H2,1H3,(H,11,13). The van der Waals surface area contributed by atoms with Crippen molar-refractivity contribution in [3.8, 4) is 0 Å². The molecule has 0 aliphatic rings. The SMILES string of the molecule is Cc1cnc(CNC(=O)COCCN)o1. The van der Waals surface area contributed by atoms with Gasteiger partial charge in [-0.2, -0.15) is 0 Å². The molecule has 1 heterocycles. The van der Waals surface area contributed by atoms with E-state index < -0.39 is 0 Å². The maximum Gasteiger partial charge on any atom is 0.246 e. The van der Waals surface area contributed by atoms with Crippen LogP contribution >= 0.6 is 0 Å². The lowest BCUT2D eigenvalue weighted by molar-refractivity contribution is -0.125. The average Bonchev–Trinajstić information content (AvgIpc) is 2.62. The van der Waals surface area contributed by atoms with Gasteiger partial charge in [0.1, 0.15) is 12.4 Å². The summed E-state index contributed by atoms with van der Waals surface area (Å²) < 4.78 is 10.1. The van der Waals surface area contributed by atoms with Crippen LogP contribution in [0.1, 0.15) is 11.7 Å². The zero-order valence-electron chi connectivity index (χ0n) is 8.66. The van der Waals surface area contributed by atoms with E-state index >= 15 is 0 Å². The molecule has 1 aromatic heterocycles. The van der Waals surface area contributed by atoms with Gasteiger partial charge in [-0.15, -0.1) is 0 Å². The molecule has 0 aliphatic carbocycles. The fourth-order valence-corrected chi connectivity index (χ4v) is 0.957. The molecule has 6 nitrogen and oxygen atoms in total. The Hall–Kier alpha value is -1.40. The van der Waals surface area contributed by atoms with Gasteiger partial charge in [0, 0.05) is 6.54 Å². The highest BCUT2D eigenvalue weighted by molar-refractivity contribution is 5.76. The molecule has 15 heavy (non-hydrogen) atoms. The van der Waals surface area contributed by atoms with Gasteiger partial charge in [0.2, 0.25) is 11.8 Å².